The normalized spacial score (nSPS) is 11.3. The molecule has 0 radical (unpaired) electrons. The van der Waals surface area contributed by atoms with Crippen LogP contribution in [0.2, 0.25) is 0 Å². The summed E-state index contributed by atoms with van der Waals surface area (Å²) in [5.41, 5.74) is 9.87. The second-order valence-corrected chi connectivity index (χ2v) is 6.55. The highest BCUT2D eigenvalue weighted by Crippen LogP contribution is 2.22. The second kappa shape index (κ2) is 6.38. The third-order valence-electron chi connectivity index (χ3n) is 4.65. The van der Waals surface area contributed by atoms with Crippen molar-refractivity contribution in [2.75, 3.05) is 5.73 Å². The molecule has 0 atom stereocenters. The van der Waals surface area contributed by atoms with Crippen LogP contribution < -0.4 is 5.73 Å². The number of halogens is 1. The number of nitrogen functional groups attached to an aromatic ring is 1. The zero-order valence-corrected chi connectivity index (χ0v) is 14.7. The van der Waals surface area contributed by atoms with Gasteiger partial charge in [0.15, 0.2) is 11.5 Å². The van der Waals surface area contributed by atoms with Gasteiger partial charge in [-0.15, -0.1) is 10.2 Å². The van der Waals surface area contributed by atoms with E-state index in [1.807, 2.05) is 36.4 Å². The van der Waals surface area contributed by atoms with Crippen LogP contribution in [0.5, 0.6) is 0 Å². The molecule has 0 fully saturated rings. The lowest BCUT2D eigenvalue weighted by molar-refractivity contribution is 0.632. The molecule has 0 aliphatic carbocycles. The van der Waals surface area contributed by atoms with E-state index in [2.05, 4.69) is 26.3 Å². The van der Waals surface area contributed by atoms with Crippen LogP contribution in [0.25, 0.3) is 27.8 Å². The molecule has 3 heterocycles. The summed E-state index contributed by atoms with van der Waals surface area (Å²) in [5.74, 6) is 0.274. The molecule has 0 spiro atoms. The number of pyridine rings is 1. The molecular weight excluding hydrogens is 355 g/mol. The number of anilines is 1. The maximum Gasteiger partial charge on any atom is 0.177 e. The molecule has 0 saturated carbocycles. The third kappa shape index (κ3) is 2.83. The zero-order valence-electron chi connectivity index (χ0n) is 14.7. The number of hydrogen-bond donors (Lipinski definition) is 1. The fourth-order valence-electron chi connectivity index (χ4n) is 3.22. The first-order valence-corrected chi connectivity index (χ1v) is 8.78. The first-order chi connectivity index (χ1) is 13.7. The fraction of sp³-hybridized carbons (Fsp3) is 0.0476. The summed E-state index contributed by atoms with van der Waals surface area (Å²) in [6.45, 7) is 0. The lowest BCUT2D eigenvalue weighted by Crippen LogP contribution is -2.02. The molecule has 0 saturated heterocycles. The van der Waals surface area contributed by atoms with Crippen LogP contribution in [0, 0.1) is 5.82 Å². The topological polar surface area (TPSA) is 82.0 Å². The molecule has 0 amide bonds. The van der Waals surface area contributed by atoms with E-state index in [1.165, 1.54) is 6.07 Å². The Labute approximate surface area is 159 Å². The van der Waals surface area contributed by atoms with Gasteiger partial charge in [-0.2, -0.15) is 9.61 Å². The third-order valence-corrected chi connectivity index (χ3v) is 4.65. The highest BCUT2D eigenvalue weighted by Gasteiger charge is 2.11. The lowest BCUT2D eigenvalue weighted by Gasteiger charge is -2.05. The van der Waals surface area contributed by atoms with Crippen molar-refractivity contribution in [3.05, 3.63) is 84.1 Å². The summed E-state index contributed by atoms with van der Waals surface area (Å²) in [4.78, 5) is 4.35. The maximum absolute atomic E-state index is 13.5. The number of nitrogens with two attached hydrogens (primary N) is 1. The van der Waals surface area contributed by atoms with E-state index in [9.17, 15) is 4.39 Å². The van der Waals surface area contributed by atoms with Crippen LogP contribution in [-0.4, -0.2) is 24.8 Å². The summed E-state index contributed by atoms with van der Waals surface area (Å²) in [6, 6.07) is 18.3. The minimum atomic E-state index is -0.444. The average molecular weight is 370 g/mol. The molecular formula is C21H15FN6. The Bertz CT molecular complexity index is 1330. The van der Waals surface area contributed by atoms with E-state index in [0.29, 0.717) is 17.8 Å². The first-order valence-electron chi connectivity index (χ1n) is 8.78. The molecule has 2 aromatic carbocycles. The van der Waals surface area contributed by atoms with Crippen LogP contribution in [0.1, 0.15) is 11.4 Å². The molecule has 5 rings (SSSR count). The second-order valence-electron chi connectivity index (χ2n) is 6.55. The van der Waals surface area contributed by atoms with Gasteiger partial charge in [-0.05, 0) is 54.1 Å². The minimum absolute atomic E-state index is 0.0909. The van der Waals surface area contributed by atoms with Gasteiger partial charge >= 0.3 is 0 Å². The summed E-state index contributed by atoms with van der Waals surface area (Å²) in [7, 11) is 0. The van der Waals surface area contributed by atoms with Crippen LogP contribution in [-0.2, 0) is 6.42 Å². The largest absolute Gasteiger partial charge is 0.396 e. The van der Waals surface area contributed by atoms with Crippen LogP contribution >= 0.6 is 0 Å². The van der Waals surface area contributed by atoms with E-state index in [1.54, 1.807) is 22.8 Å². The zero-order chi connectivity index (χ0) is 19.1. The highest BCUT2D eigenvalue weighted by molar-refractivity contribution is 5.79. The average Bonchev–Trinajstić information content (AvgIpc) is 3.12. The predicted octanol–water partition coefficient (Wildman–Crippen LogP) is 3.65. The van der Waals surface area contributed by atoms with Crippen molar-refractivity contribution in [3.63, 3.8) is 0 Å². The monoisotopic (exact) mass is 370 g/mol. The number of aromatic nitrogens is 5. The molecule has 7 heteroatoms. The quantitative estimate of drug-likeness (QED) is 0.490. The Kier molecular flexibility index (Phi) is 3.72. The lowest BCUT2D eigenvalue weighted by atomic mass is 10.1. The van der Waals surface area contributed by atoms with Crippen molar-refractivity contribution in [1.82, 2.24) is 24.8 Å². The molecule has 0 aliphatic rings. The Morgan fingerprint density at radius 1 is 0.964 bits per heavy atom. The predicted molar refractivity (Wildman–Crippen MR) is 105 cm³/mol. The molecule has 6 nitrogen and oxygen atoms in total. The highest BCUT2D eigenvalue weighted by atomic mass is 19.1. The van der Waals surface area contributed by atoms with Gasteiger partial charge in [0.25, 0.3) is 0 Å². The molecule has 2 N–H and O–H groups in total. The van der Waals surface area contributed by atoms with Gasteiger partial charge in [-0.25, -0.2) is 4.39 Å². The Morgan fingerprint density at radius 3 is 2.79 bits per heavy atom. The van der Waals surface area contributed by atoms with Gasteiger partial charge in [0, 0.05) is 23.6 Å². The van der Waals surface area contributed by atoms with Crippen molar-refractivity contribution in [2.45, 2.75) is 6.42 Å². The fourth-order valence-corrected chi connectivity index (χ4v) is 3.22. The Hall–Kier alpha value is -3.87. The maximum atomic E-state index is 13.5. The smallest absolute Gasteiger partial charge is 0.177 e. The summed E-state index contributed by atoms with van der Waals surface area (Å²) in [5, 5.41) is 14.2. The Balaban J connectivity index is 1.54. The Morgan fingerprint density at radius 2 is 1.89 bits per heavy atom. The van der Waals surface area contributed by atoms with Gasteiger partial charge in [0.1, 0.15) is 5.82 Å². The van der Waals surface area contributed by atoms with E-state index in [-0.39, 0.29) is 5.69 Å². The number of fused-ring (bicyclic) bond motifs is 2. The van der Waals surface area contributed by atoms with E-state index in [4.69, 9.17) is 5.73 Å². The van der Waals surface area contributed by atoms with Crippen molar-refractivity contribution >= 4 is 22.2 Å². The molecule has 136 valence electrons. The molecule has 0 bridgehead atoms. The van der Waals surface area contributed by atoms with Crippen LogP contribution in [0.15, 0.2) is 66.9 Å². The standard InChI is InChI=1S/C21H15FN6/c22-16-5-4-15(12-17(16)23)19-7-8-20-25-26-21(28(20)27-19)11-13-3-6-18-14(10-13)2-1-9-24-18/h1-10,12H,11,23H2. The van der Waals surface area contributed by atoms with Gasteiger partial charge in [-0.1, -0.05) is 12.1 Å². The van der Waals surface area contributed by atoms with E-state index in [0.717, 1.165) is 27.9 Å². The number of hydrogen-bond acceptors (Lipinski definition) is 5. The van der Waals surface area contributed by atoms with E-state index < -0.39 is 5.82 Å². The molecule has 0 unspecified atom stereocenters. The molecule has 28 heavy (non-hydrogen) atoms. The van der Waals surface area contributed by atoms with Gasteiger partial charge < -0.3 is 5.73 Å². The van der Waals surface area contributed by atoms with Crippen molar-refractivity contribution < 1.29 is 4.39 Å². The van der Waals surface area contributed by atoms with Gasteiger partial charge in [0.2, 0.25) is 0 Å². The van der Waals surface area contributed by atoms with Crippen molar-refractivity contribution in [3.8, 4) is 11.3 Å². The minimum Gasteiger partial charge on any atom is -0.396 e. The molecule has 0 aliphatic heterocycles. The van der Waals surface area contributed by atoms with Gasteiger partial charge in [-0.3, -0.25) is 4.98 Å². The molecule has 3 aromatic heterocycles. The summed E-state index contributed by atoms with van der Waals surface area (Å²) in [6.07, 6.45) is 2.36. The summed E-state index contributed by atoms with van der Waals surface area (Å²) >= 11 is 0. The van der Waals surface area contributed by atoms with Crippen molar-refractivity contribution in [1.29, 1.82) is 0 Å². The number of nitrogens with zero attached hydrogens (tertiary/aromatic N) is 5. The van der Waals surface area contributed by atoms with Gasteiger partial charge in [0.05, 0.1) is 16.9 Å². The van der Waals surface area contributed by atoms with Crippen molar-refractivity contribution in [2.24, 2.45) is 0 Å². The van der Waals surface area contributed by atoms with E-state index >= 15 is 0 Å². The van der Waals surface area contributed by atoms with Crippen LogP contribution in [0.4, 0.5) is 10.1 Å². The number of benzene rings is 2. The van der Waals surface area contributed by atoms with Crippen LogP contribution in [0.3, 0.4) is 0 Å². The number of rotatable bonds is 3. The summed E-state index contributed by atoms with van der Waals surface area (Å²) < 4.78 is 15.2. The first kappa shape index (κ1) is 16.3. The molecule has 5 aromatic rings. The SMILES string of the molecule is Nc1cc(-c2ccc3nnc(Cc4ccc5ncccc5c4)n3n2)ccc1F.